The van der Waals surface area contributed by atoms with Crippen molar-refractivity contribution in [1.82, 2.24) is 14.9 Å². The molecule has 3 atom stereocenters. The van der Waals surface area contributed by atoms with Crippen LogP contribution in [0.3, 0.4) is 0 Å². The summed E-state index contributed by atoms with van der Waals surface area (Å²) in [7, 11) is 0. The van der Waals surface area contributed by atoms with Gasteiger partial charge in [0.25, 0.3) is 0 Å². The molecule has 0 radical (unpaired) electrons. The number of rotatable bonds is 7. The molecule has 1 fully saturated rings. The van der Waals surface area contributed by atoms with Crippen molar-refractivity contribution in [3.63, 3.8) is 0 Å². The molecule has 0 aliphatic carbocycles. The fraction of sp³-hybridized carbons (Fsp3) is 0.560. The standard InChI is InChI=1S/C25H33ClF3N5O2/c1-5-20-10-22(11-21(6-2)34(20)24(35)36-15(3)4)33(23-31-12-19(30)13-32-23)14-16-7-17(25(27,28)29)9-18(26)8-16/h7-9,12-13,15,20-22H,5-6,10-11,14,30H2,1-4H3/t20-,21?,22?/m1/s1. The number of hydrogen-bond donors (Lipinski definition) is 1. The van der Waals surface area contributed by atoms with E-state index in [9.17, 15) is 18.0 Å². The van der Waals surface area contributed by atoms with Gasteiger partial charge in [-0.05, 0) is 63.3 Å². The number of carbonyl (C=O) groups excluding carboxylic acids is 1. The van der Waals surface area contributed by atoms with Crippen molar-refractivity contribution < 1.29 is 22.7 Å². The number of nitrogens with zero attached hydrogens (tertiary/aromatic N) is 4. The van der Waals surface area contributed by atoms with E-state index < -0.39 is 11.7 Å². The van der Waals surface area contributed by atoms with E-state index in [1.807, 2.05) is 37.5 Å². The van der Waals surface area contributed by atoms with Gasteiger partial charge in [0, 0.05) is 29.7 Å². The first-order valence-electron chi connectivity index (χ1n) is 12.1. The third-order valence-corrected chi connectivity index (χ3v) is 6.58. The van der Waals surface area contributed by atoms with Gasteiger partial charge in [0.05, 0.1) is 29.7 Å². The van der Waals surface area contributed by atoms with Crippen LogP contribution in [0.4, 0.5) is 29.6 Å². The quantitative estimate of drug-likeness (QED) is 0.454. The molecule has 1 aromatic carbocycles. The zero-order valence-electron chi connectivity index (χ0n) is 20.9. The molecule has 0 spiro atoms. The van der Waals surface area contributed by atoms with Gasteiger partial charge in [-0.1, -0.05) is 25.4 Å². The highest BCUT2D eigenvalue weighted by atomic mass is 35.5. The van der Waals surface area contributed by atoms with Gasteiger partial charge in [-0.3, -0.25) is 0 Å². The Balaban J connectivity index is 1.98. The highest BCUT2D eigenvalue weighted by Crippen LogP contribution is 2.35. The van der Waals surface area contributed by atoms with E-state index >= 15 is 0 Å². The van der Waals surface area contributed by atoms with Crippen molar-refractivity contribution in [2.24, 2.45) is 0 Å². The molecule has 0 bridgehead atoms. The summed E-state index contributed by atoms with van der Waals surface area (Å²) in [6, 6.07) is 3.17. The summed E-state index contributed by atoms with van der Waals surface area (Å²) in [5.74, 6) is 0.352. The highest BCUT2D eigenvalue weighted by molar-refractivity contribution is 6.30. The maximum absolute atomic E-state index is 13.5. The SMILES string of the molecule is CCC1CC(N(Cc2cc(Cl)cc(C(F)(F)F)c2)c2ncc(N)cn2)C[C@@H](CC)N1C(=O)OC(C)C. The molecule has 3 rings (SSSR count). The van der Waals surface area contributed by atoms with Gasteiger partial charge in [-0.2, -0.15) is 13.2 Å². The van der Waals surface area contributed by atoms with Crippen LogP contribution in [0.25, 0.3) is 0 Å². The molecule has 2 heterocycles. The number of alkyl halides is 3. The summed E-state index contributed by atoms with van der Waals surface area (Å²) >= 11 is 6.05. The van der Waals surface area contributed by atoms with E-state index in [1.54, 1.807) is 0 Å². The lowest BCUT2D eigenvalue weighted by Gasteiger charge is -2.47. The number of halogens is 4. The Morgan fingerprint density at radius 2 is 1.75 bits per heavy atom. The first kappa shape index (κ1) is 27.8. The number of likely N-dealkylation sites (tertiary alicyclic amines) is 1. The summed E-state index contributed by atoms with van der Waals surface area (Å²) in [6.45, 7) is 7.75. The lowest BCUT2D eigenvalue weighted by Crippen LogP contribution is -2.57. The summed E-state index contributed by atoms with van der Waals surface area (Å²) in [6.07, 6.45) is 0.401. The number of nitrogens with two attached hydrogens (primary N) is 1. The van der Waals surface area contributed by atoms with Crippen LogP contribution >= 0.6 is 11.6 Å². The van der Waals surface area contributed by atoms with Gasteiger partial charge >= 0.3 is 12.3 Å². The molecule has 2 N–H and O–H groups in total. The van der Waals surface area contributed by atoms with Crippen LogP contribution in [0.1, 0.15) is 64.5 Å². The summed E-state index contributed by atoms with van der Waals surface area (Å²) in [5.41, 5.74) is 5.73. The predicted molar refractivity (Wildman–Crippen MR) is 134 cm³/mol. The van der Waals surface area contributed by atoms with Crippen molar-refractivity contribution in [1.29, 1.82) is 0 Å². The minimum absolute atomic E-state index is 0.00196. The second-order valence-corrected chi connectivity index (χ2v) is 9.82. The van der Waals surface area contributed by atoms with E-state index in [-0.39, 0.29) is 41.9 Å². The Bertz CT molecular complexity index is 1020. The number of ether oxygens (including phenoxy) is 1. The number of benzene rings is 1. The third-order valence-electron chi connectivity index (χ3n) is 6.36. The van der Waals surface area contributed by atoms with E-state index in [0.717, 1.165) is 12.1 Å². The van der Waals surface area contributed by atoms with Crippen molar-refractivity contribution in [2.75, 3.05) is 10.6 Å². The number of piperidine rings is 1. The molecule has 2 unspecified atom stereocenters. The van der Waals surface area contributed by atoms with Gasteiger partial charge < -0.3 is 20.3 Å². The molecule has 1 aromatic heterocycles. The fourth-order valence-electron chi connectivity index (χ4n) is 4.74. The Labute approximate surface area is 214 Å². The molecule has 1 aliphatic heterocycles. The summed E-state index contributed by atoms with van der Waals surface area (Å²) in [4.78, 5) is 25.4. The molecule has 1 saturated heterocycles. The zero-order valence-corrected chi connectivity index (χ0v) is 21.7. The Kier molecular flexibility index (Phi) is 8.92. The van der Waals surface area contributed by atoms with Crippen LogP contribution in [0, 0.1) is 0 Å². The molecule has 1 amide bonds. The summed E-state index contributed by atoms with van der Waals surface area (Å²) in [5, 5.41) is 0.00196. The molecule has 7 nitrogen and oxygen atoms in total. The van der Waals surface area contributed by atoms with Crippen LogP contribution in [0.2, 0.25) is 5.02 Å². The molecule has 0 saturated carbocycles. The third kappa shape index (κ3) is 6.72. The molecule has 36 heavy (non-hydrogen) atoms. The number of carbonyl (C=O) groups is 1. The average Bonchev–Trinajstić information content (AvgIpc) is 2.81. The van der Waals surface area contributed by atoms with E-state index in [1.165, 1.54) is 18.5 Å². The van der Waals surface area contributed by atoms with Crippen molar-refractivity contribution in [3.05, 3.63) is 46.7 Å². The number of amides is 1. The van der Waals surface area contributed by atoms with Crippen LogP contribution < -0.4 is 10.6 Å². The lowest BCUT2D eigenvalue weighted by atomic mass is 9.87. The smallest absolute Gasteiger partial charge is 0.416 e. The molecule has 2 aromatic rings. The minimum atomic E-state index is -4.52. The topological polar surface area (TPSA) is 84.6 Å². The van der Waals surface area contributed by atoms with Crippen LogP contribution in [0.15, 0.2) is 30.6 Å². The van der Waals surface area contributed by atoms with E-state index in [4.69, 9.17) is 22.1 Å². The maximum Gasteiger partial charge on any atom is 0.416 e. The number of hydrogen-bond acceptors (Lipinski definition) is 6. The largest absolute Gasteiger partial charge is 0.447 e. The lowest BCUT2D eigenvalue weighted by molar-refractivity contribution is -0.137. The summed E-state index contributed by atoms with van der Waals surface area (Å²) < 4.78 is 45.9. The average molecular weight is 528 g/mol. The molecule has 11 heteroatoms. The van der Waals surface area contributed by atoms with Gasteiger partial charge in [0.1, 0.15) is 0 Å². The normalized spacial score (nSPS) is 20.5. The van der Waals surface area contributed by atoms with E-state index in [2.05, 4.69) is 9.97 Å². The van der Waals surface area contributed by atoms with Gasteiger partial charge in [0.15, 0.2) is 0 Å². The first-order valence-corrected chi connectivity index (χ1v) is 12.5. The van der Waals surface area contributed by atoms with E-state index in [0.29, 0.717) is 42.9 Å². The van der Waals surface area contributed by atoms with Crippen molar-refractivity contribution in [3.8, 4) is 0 Å². The molecular formula is C25H33ClF3N5O2. The number of nitrogen functional groups attached to an aromatic ring is 1. The Morgan fingerprint density at radius 3 is 2.25 bits per heavy atom. The number of aromatic nitrogens is 2. The van der Waals surface area contributed by atoms with Gasteiger partial charge in [-0.25, -0.2) is 14.8 Å². The second kappa shape index (κ2) is 11.5. The van der Waals surface area contributed by atoms with Crippen LogP contribution in [-0.2, 0) is 17.5 Å². The molecule has 198 valence electrons. The van der Waals surface area contributed by atoms with Crippen LogP contribution in [-0.4, -0.2) is 45.2 Å². The van der Waals surface area contributed by atoms with Crippen molar-refractivity contribution >= 4 is 29.3 Å². The Hall–Kier alpha value is -2.75. The maximum atomic E-state index is 13.5. The van der Waals surface area contributed by atoms with Gasteiger partial charge in [0.2, 0.25) is 5.95 Å². The number of anilines is 2. The fourth-order valence-corrected chi connectivity index (χ4v) is 4.99. The Morgan fingerprint density at radius 1 is 1.17 bits per heavy atom. The van der Waals surface area contributed by atoms with Gasteiger partial charge in [-0.15, -0.1) is 0 Å². The first-order chi connectivity index (χ1) is 16.9. The van der Waals surface area contributed by atoms with Crippen LogP contribution in [0.5, 0.6) is 0 Å². The highest BCUT2D eigenvalue weighted by Gasteiger charge is 2.41. The zero-order chi connectivity index (χ0) is 26.6. The molecular weight excluding hydrogens is 495 g/mol. The predicted octanol–water partition coefficient (Wildman–Crippen LogP) is 6.30. The van der Waals surface area contributed by atoms with Crippen molar-refractivity contribution in [2.45, 2.75) is 90.3 Å². The monoisotopic (exact) mass is 527 g/mol. The molecule has 1 aliphatic rings. The minimum Gasteiger partial charge on any atom is -0.447 e. The second-order valence-electron chi connectivity index (χ2n) is 9.38.